The zero-order valence-electron chi connectivity index (χ0n) is 16.7. The third-order valence-corrected chi connectivity index (χ3v) is 6.86. The molecule has 2 aromatic carbocycles. The van der Waals surface area contributed by atoms with Gasteiger partial charge in [-0.3, -0.25) is 4.72 Å². The number of nitrogens with one attached hydrogen (secondary N) is 1. The fourth-order valence-corrected chi connectivity index (χ4v) is 4.92. The first kappa shape index (κ1) is 22.7. The summed E-state index contributed by atoms with van der Waals surface area (Å²) in [6.07, 6.45) is -4.43. The number of benzene rings is 2. The molecule has 1 fully saturated rings. The van der Waals surface area contributed by atoms with E-state index in [1.807, 2.05) is 11.9 Å². The van der Waals surface area contributed by atoms with E-state index in [2.05, 4.69) is 4.72 Å². The fraction of sp³-hybridized carbons (Fsp3) is 0.400. The summed E-state index contributed by atoms with van der Waals surface area (Å²) < 4.78 is 73.9. The summed E-state index contributed by atoms with van der Waals surface area (Å²) in [5, 5.41) is 0.429. The predicted octanol–water partition coefficient (Wildman–Crippen LogP) is 4.86. The maximum Gasteiger partial charge on any atom is 0.419 e. The molecule has 3 rings (SSSR count). The molecule has 0 radical (unpaired) electrons. The molecule has 10 heteroatoms. The summed E-state index contributed by atoms with van der Waals surface area (Å²) in [6, 6.07) is 5.94. The molecule has 0 aliphatic carbocycles. The maximum atomic E-state index is 13.4. The number of aryl methyl sites for hydroxylation is 2. The molecule has 5 nitrogen and oxygen atoms in total. The highest BCUT2D eigenvalue weighted by Crippen LogP contribution is 2.39. The highest BCUT2D eigenvalue weighted by molar-refractivity contribution is 7.92. The lowest BCUT2D eigenvalue weighted by Gasteiger charge is -2.20. The van der Waals surface area contributed by atoms with E-state index in [1.165, 1.54) is 12.1 Å². The molecule has 1 aliphatic heterocycles. The number of nitrogens with zero attached hydrogens (tertiary/aromatic N) is 1. The topological polar surface area (TPSA) is 58.6 Å². The van der Waals surface area contributed by atoms with E-state index in [0.717, 1.165) is 18.2 Å². The van der Waals surface area contributed by atoms with Gasteiger partial charge in [-0.2, -0.15) is 13.2 Å². The van der Waals surface area contributed by atoms with Crippen LogP contribution in [0.5, 0.6) is 5.75 Å². The standard InChI is InChI=1S/C20H22ClF3N2O3S/c1-12-9-19(13(2)8-17(12)21)30(27,28)25-14-4-5-16(20(22,23)24)18(10-14)29-15-6-7-26(3)11-15/h4-5,8-10,15,25H,6-7,11H2,1-3H3/t15-/m1/s1. The van der Waals surface area contributed by atoms with Crippen molar-refractivity contribution in [1.29, 1.82) is 0 Å². The Hall–Kier alpha value is -1.97. The predicted molar refractivity (Wildman–Crippen MR) is 110 cm³/mol. The van der Waals surface area contributed by atoms with Gasteiger partial charge in [-0.05, 0) is 62.7 Å². The minimum Gasteiger partial charge on any atom is -0.488 e. The number of alkyl halides is 3. The number of hydrogen-bond donors (Lipinski definition) is 1. The molecule has 1 saturated heterocycles. The lowest BCUT2D eigenvalue weighted by molar-refractivity contribution is -0.139. The second kappa shape index (κ2) is 8.28. The van der Waals surface area contributed by atoms with Gasteiger partial charge in [0.1, 0.15) is 11.9 Å². The van der Waals surface area contributed by atoms with Gasteiger partial charge < -0.3 is 9.64 Å². The lowest BCUT2D eigenvalue weighted by atomic mass is 10.1. The van der Waals surface area contributed by atoms with Gasteiger partial charge in [-0.15, -0.1) is 0 Å². The average molecular weight is 463 g/mol. The van der Waals surface area contributed by atoms with E-state index in [-0.39, 0.29) is 10.6 Å². The maximum absolute atomic E-state index is 13.4. The first-order chi connectivity index (χ1) is 13.9. The summed E-state index contributed by atoms with van der Waals surface area (Å²) in [5.41, 5.74) is 0.0368. The smallest absolute Gasteiger partial charge is 0.419 e. The number of ether oxygens (including phenoxy) is 1. The Labute approximate surface area is 178 Å². The number of hydrogen-bond acceptors (Lipinski definition) is 4. The van der Waals surface area contributed by atoms with Crippen LogP contribution < -0.4 is 9.46 Å². The van der Waals surface area contributed by atoms with Crippen molar-refractivity contribution in [3.05, 3.63) is 52.0 Å². The van der Waals surface area contributed by atoms with E-state index in [1.54, 1.807) is 13.8 Å². The SMILES string of the molecule is Cc1cc(S(=O)(=O)Nc2ccc(C(F)(F)F)c(O[C@@H]3CCN(C)C3)c2)c(C)cc1Cl. The van der Waals surface area contributed by atoms with Crippen molar-refractivity contribution in [2.24, 2.45) is 0 Å². The molecular formula is C20H22ClF3N2O3S. The second-order valence-corrected chi connectivity index (χ2v) is 9.53. The largest absolute Gasteiger partial charge is 0.488 e. The molecule has 0 spiro atoms. The minimum atomic E-state index is -4.62. The summed E-state index contributed by atoms with van der Waals surface area (Å²) in [5.74, 6) is -0.396. The first-order valence-electron chi connectivity index (χ1n) is 9.23. The zero-order chi connectivity index (χ0) is 22.3. The molecule has 0 unspecified atom stereocenters. The number of anilines is 1. The van der Waals surface area contributed by atoms with Crippen molar-refractivity contribution >= 4 is 27.3 Å². The highest BCUT2D eigenvalue weighted by atomic mass is 35.5. The Balaban J connectivity index is 1.94. The van der Waals surface area contributed by atoms with Crippen LogP contribution in [0.3, 0.4) is 0 Å². The monoisotopic (exact) mass is 462 g/mol. The number of halogens is 4. The number of rotatable bonds is 5. The second-order valence-electron chi connectivity index (χ2n) is 7.47. The normalized spacial score (nSPS) is 17.9. The molecule has 0 bridgehead atoms. The Kier molecular flexibility index (Phi) is 6.27. The van der Waals surface area contributed by atoms with Gasteiger partial charge in [0, 0.05) is 24.2 Å². The molecule has 1 heterocycles. The summed E-state index contributed by atoms with van der Waals surface area (Å²) in [4.78, 5) is 1.96. The molecule has 2 aromatic rings. The van der Waals surface area contributed by atoms with Crippen LogP contribution in [-0.2, 0) is 16.2 Å². The summed E-state index contributed by atoms with van der Waals surface area (Å²) >= 11 is 6.03. The Morgan fingerprint density at radius 2 is 1.87 bits per heavy atom. The van der Waals surface area contributed by atoms with E-state index in [9.17, 15) is 21.6 Å². The fourth-order valence-electron chi connectivity index (χ4n) is 3.34. The average Bonchev–Trinajstić information content (AvgIpc) is 3.01. The molecule has 164 valence electrons. The van der Waals surface area contributed by atoms with Crippen LogP contribution in [0.25, 0.3) is 0 Å². The van der Waals surface area contributed by atoms with Crippen molar-refractivity contribution in [3.8, 4) is 5.75 Å². The van der Waals surface area contributed by atoms with Gasteiger partial charge in [-0.1, -0.05) is 11.6 Å². The molecule has 1 aliphatic rings. The quantitative estimate of drug-likeness (QED) is 0.689. The van der Waals surface area contributed by atoms with Crippen molar-refractivity contribution in [3.63, 3.8) is 0 Å². The number of likely N-dealkylation sites (N-methyl/N-ethyl adjacent to an activating group) is 1. The third-order valence-electron chi connectivity index (χ3n) is 4.93. The van der Waals surface area contributed by atoms with Gasteiger partial charge in [0.25, 0.3) is 10.0 Å². The van der Waals surface area contributed by atoms with E-state index < -0.39 is 33.6 Å². The summed E-state index contributed by atoms with van der Waals surface area (Å²) in [6.45, 7) is 4.48. The number of sulfonamides is 1. The van der Waals surface area contributed by atoms with Gasteiger partial charge in [0.2, 0.25) is 0 Å². The molecule has 0 aromatic heterocycles. The summed E-state index contributed by atoms with van der Waals surface area (Å²) in [7, 11) is -2.18. The molecule has 1 atom stereocenters. The van der Waals surface area contributed by atoms with Crippen molar-refractivity contribution in [1.82, 2.24) is 4.90 Å². The van der Waals surface area contributed by atoms with Crippen LogP contribution in [0.15, 0.2) is 35.2 Å². The number of likely N-dealkylation sites (tertiary alicyclic amines) is 1. The first-order valence-corrected chi connectivity index (χ1v) is 11.1. The highest BCUT2D eigenvalue weighted by Gasteiger charge is 2.36. The van der Waals surface area contributed by atoms with Crippen LogP contribution in [0.4, 0.5) is 18.9 Å². The Morgan fingerprint density at radius 3 is 2.47 bits per heavy atom. The van der Waals surface area contributed by atoms with Gasteiger partial charge in [-0.25, -0.2) is 8.42 Å². The molecular weight excluding hydrogens is 441 g/mol. The van der Waals surface area contributed by atoms with Crippen LogP contribution in [0.1, 0.15) is 23.1 Å². The molecule has 30 heavy (non-hydrogen) atoms. The molecule has 1 N–H and O–H groups in total. The van der Waals surface area contributed by atoms with Gasteiger partial charge in [0.15, 0.2) is 0 Å². The van der Waals surface area contributed by atoms with Gasteiger partial charge in [0.05, 0.1) is 16.1 Å². The minimum absolute atomic E-state index is 0.00387. The van der Waals surface area contributed by atoms with E-state index >= 15 is 0 Å². The van der Waals surface area contributed by atoms with E-state index in [0.29, 0.717) is 35.7 Å². The molecule has 0 amide bonds. The molecule has 0 saturated carbocycles. The van der Waals surface area contributed by atoms with Crippen molar-refractivity contribution in [2.75, 3.05) is 24.9 Å². The van der Waals surface area contributed by atoms with Crippen molar-refractivity contribution in [2.45, 2.75) is 37.4 Å². The van der Waals surface area contributed by atoms with Crippen LogP contribution in [0, 0.1) is 13.8 Å². The van der Waals surface area contributed by atoms with Crippen LogP contribution in [-0.4, -0.2) is 39.6 Å². The van der Waals surface area contributed by atoms with Crippen LogP contribution in [0.2, 0.25) is 5.02 Å². The van der Waals surface area contributed by atoms with Gasteiger partial charge >= 0.3 is 6.18 Å². The third kappa shape index (κ3) is 5.01. The van der Waals surface area contributed by atoms with Crippen LogP contribution >= 0.6 is 11.6 Å². The Bertz CT molecular complexity index is 1060. The van der Waals surface area contributed by atoms with Crippen molar-refractivity contribution < 1.29 is 26.3 Å². The zero-order valence-corrected chi connectivity index (χ0v) is 18.2. The Morgan fingerprint density at radius 1 is 1.17 bits per heavy atom. The van der Waals surface area contributed by atoms with E-state index in [4.69, 9.17) is 16.3 Å². The lowest BCUT2D eigenvalue weighted by Crippen LogP contribution is -2.23.